The zero-order chi connectivity index (χ0) is 12.4. The summed E-state index contributed by atoms with van der Waals surface area (Å²) in [6.45, 7) is 8.03. The van der Waals surface area contributed by atoms with Crippen LogP contribution in [0.1, 0.15) is 34.1 Å². The van der Waals surface area contributed by atoms with Crippen molar-refractivity contribution in [3.63, 3.8) is 0 Å². The third-order valence-corrected chi connectivity index (χ3v) is 2.37. The second-order valence-electron chi connectivity index (χ2n) is 5.03. The first-order valence-corrected chi connectivity index (χ1v) is 5.37. The number of hydrogen-bond donors (Lipinski definition) is 0. The van der Waals surface area contributed by atoms with Gasteiger partial charge in [0, 0.05) is 0 Å². The normalized spacial score (nSPS) is 25.6. The maximum absolute atomic E-state index is 11.9. The van der Waals surface area contributed by atoms with Crippen LogP contribution in [0.3, 0.4) is 0 Å². The van der Waals surface area contributed by atoms with Crippen molar-refractivity contribution >= 4 is 12.4 Å². The minimum Gasteiger partial charge on any atom is -0.444 e. The van der Waals surface area contributed by atoms with E-state index in [1.807, 2.05) is 0 Å². The third kappa shape index (κ3) is 2.95. The van der Waals surface area contributed by atoms with Crippen LogP contribution < -0.4 is 0 Å². The summed E-state index contributed by atoms with van der Waals surface area (Å²) in [6, 6.07) is 0. The zero-order valence-electron chi connectivity index (χ0n) is 10.3. The Morgan fingerprint density at radius 1 is 1.56 bits per heavy atom. The third-order valence-electron chi connectivity index (χ3n) is 2.37. The number of carbonyl (C=O) groups excluding carboxylic acids is 2. The molecule has 1 saturated heterocycles. The Morgan fingerprint density at radius 2 is 2.19 bits per heavy atom. The fourth-order valence-electron chi connectivity index (χ4n) is 1.60. The number of hydrogen-bond acceptors (Lipinski definition) is 4. The quantitative estimate of drug-likeness (QED) is 0.674. The van der Waals surface area contributed by atoms with Crippen LogP contribution >= 0.6 is 0 Å². The van der Waals surface area contributed by atoms with E-state index in [9.17, 15) is 9.59 Å². The summed E-state index contributed by atoms with van der Waals surface area (Å²) in [5.41, 5.74) is -1.40. The van der Waals surface area contributed by atoms with Crippen molar-refractivity contribution in [1.29, 1.82) is 0 Å². The summed E-state index contributed by atoms with van der Waals surface area (Å²) in [5, 5.41) is 0. The van der Waals surface area contributed by atoms with Gasteiger partial charge in [-0.25, -0.2) is 4.79 Å². The highest BCUT2D eigenvalue weighted by Crippen LogP contribution is 2.27. The fraction of sp³-hybridized carbons (Fsp3) is 0.818. The Balaban J connectivity index is 2.71. The molecule has 1 rings (SSSR count). The molecule has 0 N–H and O–H groups in total. The fourth-order valence-corrected chi connectivity index (χ4v) is 1.60. The summed E-state index contributed by atoms with van der Waals surface area (Å²) in [6.07, 6.45) is 0.476. The van der Waals surface area contributed by atoms with E-state index in [0.717, 1.165) is 6.29 Å². The maximum Gasteiger partial charge on any atom is 0.412 e. The molecule has 1 amide bonds. The van der Waals surface area contributed by atoms with Crippen molar-refractivity contribution in [2.24, 2.45) is 0 Å². The lowest BCUT2D eigenvalue weighted by atomic mass is 10.1. The summed E-state index contributed by atoms with van der Waals surface area (Å²) >= 11 is 0. The molecule has 5 nitrogen and oxygen atoms in total. The van der Waals surface area contributed by atoms with Gasteiger partial charge in [0.1, 0.15) is 17.6 Å². The van der Waals surface area contributed by atoms with Gasteiger partial charge >= 0.3 is 6.09 Å². The lowest BCUT2D eigenvalue weighted by molar-refractivity contribution is -0.119. The second-order valence-corrected chi connectivity index (χ2v) is 5.03. The molecule has 0 radical (unpaired) electrons. The van der Waals surface area contributed by atoms with Crippen LogP contribution in [0.15, 0.2) is 0 Å². The minimum absolute atomic E-state index is 0.159. The van der Waals surface area contributed by atoms with Crippen LogP contribution in [0.25, 0.3) is 0 Å². The van der Waals surface area contributed by atoms with Gasteiger partial charge in [-0.15, -0.1) is 0 Å². The van der Waals surface area contributed by atoms with E-state index >= 15 is 0 Å². The molecule has 1 heterocycles. The Labute approximate surface area is 95.7 Å². The van der Waals surface area contributed by atoms with Gasteiger partial charge in [-0.1, -0.05) is 0 Å². The topological polar surface area (TPSA) is 55.8 Å². The highest BCUT2D eigenvalue weighted by molar-refractivity contribution is 5.70. The molecule has 1 fully saturated rings. The summed E-state index contributed by atoms with van der Waals surface area (Å²) in [4.78, 5) is 23.9. The van der Waals surface area contributed by atoms with Crippen LogP contribution in [0.2, 0.25) is 0 Å². The second kappa shape index (κ2) is 4.41. The molecule has 0 bridgehead atoms. The lowest BCUT2D eigenvalue weighted by Crippen LogP contribution is -2.48. The van der Waals surface area contributed by atoms with E-state index < -0.39 is 17.4 Å². The highest BCUT2D eigenvalue weighted by Gasteiger charge is 2.42. The maximum atomic E-state index is 11.9. The van der Waals surface area contributed by atoms with Gasteiger partial charge in [0.2, 0.25) is 0 Å². The van der Waals surface area contributed by atoms with Crippen molar-refractivity contribution < 1.29 is 19.1 Å². The van der Waals surface area contributed by atoms with E-state index in [1.54, 1.807) is 27.7 Å². The summed E-state index contributed by atoms with van der Waals surface area (Å²) in [7, 11) is 0. The van der Waals surface area contributed by atoms with Crippen LogP contribution in [0.5, 0.6) is 0 Å². The molecule has 1 aliphatic rings. The molecule has 0 aliphatic carbocycles. The molecule has 92 valence electrons. The van der Waals surface area contributed by atoms with Crippen molar-refractivity contribution in [2.45, 2.75) is 45.4 Å². The van der Waals surface area contributed by atoms with Crippen molar-refractivity contribution in [1.82, 2.24) is 4.90 Å². The number of nitrogens with zero attached hydrogens (tertiary/aromatic N) is 1. The first-order valence-electron chi connectivity index (χ1n) is 5.37. The predicted octanol–water partition coefficient (Wildman–Crippen LogP) is 1.56. The van der Waals surface area contributed by atoms with Gasteiger partial charge in [-0.3, -0.25) is 4.90 Å². The minimum atomic E-state index is -0.857. The molecule has 0 saturated carbocycles. The van der Waals surface area contributed by atoms with Crippen LogP contribution in [0, 0.1) is 0 Å². The molecule has 16 heavy (non-hydrogen) atoms. The first-order chi connectivity index (χ1) is 7.28. The summed E-state index contributed by atoms with van der Waals surface area (Å²) < 4.78 is 10.7. The largest absolute Gasteiger partial charge is 0.444 e. The standard InChI is InChI=1S/C11H19NO4/c1-10(2,3)16-9(14)12-6-8-15-11(12,4)5-7-13/h7H,5-6,8H2,1-4H3. The monoisotopic (exact) mass is 229 g/mol. The highest BCUT2D eigenvalue weighted by atomic mass is 16.6. The van der Waals surface area contributed by atoms with Crippen molar-refractivity contribution in [3.05, 3.63) is 0 Å². The van der Waals surface area contributed by atoms with E-state index in [1.165, 1.54) is 4.90 Å². The van der Waals surface area contributed by atoms with Gasteiger partial charge in [0.05, 0.1) is 19.6 Å². The molecule has 5 heteroatoms. The van der Waals surface area contributed by atoms with Gasteiger partial charge in [0.15, 0.2) is 0 Å². The molecular weight excluding hydrogens is 210 g/mol. The first kappa shape index (κ1) is 13.0. The Morgan fingerprint density at radius 3 is 2.69 bits per heavy atom. The Kier molecular flexibility index (Phi) is 3.57. The Hall–Kier alpha value is -1.10. The molecule has 0 aromatic rings. The zero-order valence-corrected chi connectivity index (χ0v) is 10.3. The number of carbonyl (C=O) groups is 2. The van der Waals surface area contributed by atoms with Crippen molar-refractivity contribution in [3.8, 4) is 0 Å². The number of amides is 1. The van der Waals surface area contributed by atoms with E-state index in [0.29, 0.717) is 13.2 Å². The molecule has 0 spiro atoms. The van der Waals surface area contributed by atoms with E-state index in [-0.39, 0.29) is 6.42 Å². The van der Waals surface area contributed by atoms with Gasteiger partial charge in [-0.05, 0) is 27.7 Å². The smallest absolute Gasteiger partial charge is 0.412 e. The SMILES string of the molecule is CC(C)(C)OC(=O)N1CCOC1(C)CC=O. The number of rotatable bonds is 2. The Bertz CT molecular complexity index is 284. The number of ether oxygens (including phenoxy) is 2. The van der Waals surface area contributed by atoms with Gasteiger partial charge < -0.3 is 14.3 Å². The average Bonchev–Trinajstić information content (AvgIpc) is 2.44. The van der Waals surface area contributed by atoms with Gasteiger partial charge in [-0.2, -0.15) is 0 Å². The molecule has 0 aromatic carbocycles. The van der Waals surface area contributed by atoms with Gasteiger partial charge in [0.25, 0.3) is 0 Å². The summed E-state index contributed by atoms with van der Waals surface area (Å²) in [5.74, 6) is 0. The molecular formula is C11H19NO4. The molecule has 1 atom stereocenters. The van der Waals surface area contributed by atoms with Crippen LogP contribution in [-0.4, -0.2) is 41.8 Å². The lowest BCUT2D eigenvalue weighted by Gasteiger charge is -2.33. The molecule has 0 aromatic heterocycles. The average molecular weight is 229 g/mol. The van der Waals surface area contributed by atoms with E-state index in [4.69, 9.17) is 9.47 Å². The number of aldehydes is 1. The van der Waals surface area contributed by atoms with E-state index in [2.05, 4.69) is 0 Å². The van der Waals surface area contributed by atoms with Crippen LogP contribution in [-0.2, 0) is 14.3 Å². The van der Waals surface area contributed by atoms with Crippen LogP contribution in [0.4, 0.5) is 4.79 Å². The molecule has 1 aliphatic heterocycles. The predicted molar refractivity (Wildman–Crippen MR) is 58.0 cm³/mol. The molecule has 1 unspecified atom stereocenters. The van der Waals surface area contributed by atoms with Crippen molar-refractivity contribution in [2.75, 3.05) is 13.2 Å².